The molecule has 2 aromatic heterocycles. The van der Waals surface area contributed by atoms with Gasteiger partial charge in [-0.05, 0) is 31.8 Å². The molecule has 0 unspecified atom stereocenters. The van der Waals surface area contributed by atoms with E-state index >= 15 is 0 Å². The third-order valence-corrected chi connectivity index (χ3v) is 3.17. The van der Waals surface area contributed by atoms with Gasteiger partial charge in [0.25, 0.3) is 0 Å². The summed E-state index contributed by atoms with van der Waals surface area (Å²) in [4.78, 5) is 8.86. The normalized spacial score (nSPS) is 18.0. The first-order valence-electron chi connectivity index (χ1n) is 5.77. The van der Waals surface area contributed by atoms with Crippen LogP contribution < -0.4 is 5.32 Å². The number of hydrogen-bond donors (Lipinski definition) is 2. The standard InChI is InChI=1S/C11H15N5/c1-3-12-4-2-8(1)5-10-13-6-9-7-14-16-11(9)15-10/h6-8,12H,1-5H2,(H,13,14,15,16). The van der Waals surface area contributed by atoms with Crippen LogP contribution in [0.2, 0.25) is 0 Å². The minimum absolute atomic E-state index is 0.724. The summed E-state index contributed by atoms with van der Waals surface area (Å²) in [5.41, 5.74) is 0.846. The summed E-state index contributed by atoms with van der Waals surface area (Å²) in [5.74, 6) is 1.66. The molecule has 3 rings (SSSR count). The van der Waals surface area contributed by atoms with Crippen LogP contribution in [-0.2, 0) is 6.42 Å². The van der Waals surface area contributed by atoms with Crippen LogP contribution in [0.15, 0.2) is 12.4 Å². The number of hydrogen-bond acceptors (Lipinski definition) is 4. The molecular weight excluding hydrogens is 202 g/mol. The third kappa shape index (κ3) is 1.90. The zero-order valence-electron chi connectivity index (χ0n) is 9.11. The smallest absolute Gasteiger partial charge is 0.158 e. The molecular formula is C11H15N5. The van der Waals surface area contributed by atoms with E-state index in [1.165, 1.54) is 12.8 Å². The number of rotatable bonds is 2. The molecule has 1 saturated heterocycles. The third-order valence-electron chi connectivity index (χ3n) is 3.17. The largest absolute Gasteiger partial charge is 0.317 e. The van der Waals surface area contributed by atoms with Crippen molar-refractivity contribution in [1.82, 2.24) is 25.5 Å². The second-order valence-corrected chi connectivity index (χ2v) is 4.36. The monoisotopic (exact) mass is 217 g/mol. The highest BCUT2D eigenvalue weighted by atomic mass is 15.1. The van der Waals surface area contributed by atoms with Crippen LogP contribution in [0.3, 0.4) is 0 Å². The first kappa shape index (κ1) is 9.72. The minimum atomic E-state index is 0.724. The van der Waals surface area contributed by atoms with Crippen molar-refractivity contribution in [1.29, 1.82) is 0 Å². The molecule has 0 saturated carbocycles. The van der Waals surface area contributed by atoms with Crippen molar-refractivity contribution in [3.8, 4) is 0 Å². The van der Waals surface area contributed by atoms with Gasteiger partial charge in [-0.3, -0.25) is 5.10 Å². The highest BCUT2D eigenvalue weighted by Crippen LogP contribution is 2.16. The molecule has 0 radical (unpaired) electrons. The summed E-state index contributed by atoms with van der Waals surface area (Å²) in [6.45, 7) is 2.24. The summed E-state index contributed by atoms with van der Waals surface area (Å²) in [6, 6.07) is 0. The van der Waals surface area contributed by atoms with Gasteiger partial charge in [0.15, 0.2) is 5.65 Å². The van der Waals surface area contributed by atoms with Crippen molar-refractivity contribution < 1.29 is 0 Å². The molecule has 2 N–H and O–H groups in total. The van der Waals surface area contributed by atoms with Gasteiger partial charge in [0, 0.05) is 12.6 Å². The van der Waals surface area contributed by atoms with E-state index in [1.54, 1.807) is 6.20 Å². The number of aromatic amines is 1. The fourth-order valence-corrected chi connectivity index (χ4v) is 2.22. The van der Waals surface area contributed by atoms with Gasteiger partial charge >= 0.3 is 0 Å². The first-order valence-corrected chi connectivity index (χ1v) is 5.77. The number of aromatic nitrogens is 4. The van der Waals surface area contributed by atoms with Crippen molar-refractivity contribution >= 4 is 11.0 Å². The lowest BCUT2D eigenvalue weighted by atomic mass is 9.94. The molecule has 0 spiro atoms. The molecule has 0 aliphatic carbocycles. The van der Waals surface area contributed by atoms with E-state index in [-0.39, 0.29) is 0 Å². The molecule has 0 aromatic carbocycles. The number of piperidine rings is 1. The number of nitrogens with one attached hydrogen (secondary N) is 2. The quantitative estimate of drug-likeness (QED) is 0.784. The van der Waals surface area contributed by atoms with Crippen molar-refractivity contribution in [2.45, 2.75) is 19.3 Å². The fourth-order valence-electron chi connectivity index (χ4n) is 2.22. The fraction of sp³-hybridized carbons (Fsp3) is 0.545. The van der Waals surface area contributed by atoms with E-state index in [0.717, 1.165) is 42.3 Å². The SMILES string of the molecule is c1n[nH]c2nc(CC3CCNCC3)ncc12. The summed E-state index contributed by atoms with van der Waals surface area (Å²) < 4.78 is 0. The van der Waals surface area contributed by atoms with E-state index in [0.29, 0.717) is 0 Å². The van der Waals surface area contributed by atoms with Crippen LogP contribution in [0.5, 0.6) is 0 Å². The van der Waals surface area contributed by atoms with Crippen LogP contribution in [0.1, 0.15) is 18.7 Å². The second kappa shape index (κ2) is 4.17. The minimum Gasteiger partial charge on any atom is -0.317 e. The maximum atomic E-state index is 4.48. The molecule has 0 bridgehead atoms. The van der Waals surface area contributed by atoms with Gasteiger partial charge in [-0.1, -0.05) is 0 Å². The highest BCUT2D eigenvalue weighted by Gasteiger charge is 2.15. The zero-order chi connectivity index (χ0) is 10.8. The topological polar surface area (TPSA) is 66.5 Å². The number of nitrogens with zero attached hydrogens (tertiary/aromatic N) is 3. The van der Waals surface area contributed by atoms with Crippen LogP contribution in [0, 0.1) is 5.92 Å². The van der Waals surface area contributed by atoms with Crippen LogP contribution in [0.25, 0.3) is 11.0 Å². The van der Waals surface area contributed by atoms with Gasteiger partial charge in [-0.25, -0.2) is 9.97 Å². The Morgan fingerprint density at radius 3 is 3.00 bits per heavy atom. The Balaban J connectivity index is 1.77. The predicted molar refractivity (Wildman–Crippen MR) is 61.0 cm³/mol. The summed E-state index contributed by atoms with van der Waals surface area (Å²) in [6.07, 6.45) is 7.04. The van der Waals surface area contributed by atoms with Crippen molar-refractivity contribution in [3.05, 3.63) is 18.2 Å². The maximum absolute atomic E-state index is 4.48. The Morgan fingerprint density at radius 1 is 1.25 bits per heavy atom. The summed E-state index contributed by atoms with van der Waals surface area (Å²) in [5, 5.41) is 11.2. The maximum Gasteiger partial charge on any atom is 0.158 e. The molecule has 1 aliphatic heterocycles. The highest BCUT2D eigenvalue weighted by molar-refractivity contribution is 5.72. The van der Waals surface area contributed by atoms with Crippen LogP contribution >= 0.6 is 0 Å². The summed E-state index contributed by atoms with van der Waals surface area (Å²) in [7, 11) is 0. The zero-order valence-corrected chi connectivity index (χ0v) is 9.11. The average molecular weight is 217 g/mol. The first-order chi connectivity index (χ1) is 7.92. The van der Waals surface area contributed by atoms with E-state index < -0.39 is 0 Å². The number of fused-ring (bicyclic) bond motifs is 1. The van der Waals surface area contributed by atoms with Crippen molar-refractivity contribution in [2.24, 2.45) is 5.92 Å². The summed E-state index contributed by atoms with van der Waals surface area (Å²) >= 11 is 0. The molecule has 84 valence electrons. The molecule has 0 atom stereocenters. The molecule has 3 heterocycles. The molecule has 1 fully saturated rings. The van der Waals surface area contributed by atoms with E-state index in [9.17, 15) is 0 Å². The van der Waals surface area contributed by atoms with Crippen LogP contribution in [-0.4, -0.2) is 33.3 Å². The average Bonchev–Trinajstić information content (AvgIpc) is 2.77. The van der Waals surface area contributed by atoms with Crippen molar-refractivity contribution in [2.75, 3.05) is 13.1 Å². The Morgan fingerprint density at radius 2 is 2.12 bits per heavy atom. The van der Waals surface area contributed by atoms with Gasteiger partial charge in [-0.2, -0.15) is 5.10 Å². The van der Waals surface area contributed by atoms with Gasteiger partial charge < -0.3 is 5.32 Å². The van der Waals surface area contributed by atoms with Gasteiger partial charge in [0.05, 0.1) is 11.6 Å². The van der Waals surface area contributed by atoms with Gasteiger partial charge in [0.1, 0.15) is 5.82 Å². The molecule has 5 nitrogen and oxygen atoms in total. The Bertz CT molecular complexity index is 472. The second-order valence-electron chi connectivity index (χ2n) is 4.36. The van der Waals surface area contributed by atoms with Crippen LogP contribution in [0.4, 0.5) is 0 Å². The molecule has 0 amide bonds. The Hall–Kier alpha value is -1.49. The lowest BCUT2D eigenvalue weighted by Crippen LogP contribution is -2.29. The molecule has 1 aliphatic rings. The van der Waals surface area contributed by atoms with Gasteiger partial charge in [-0.15, -0.1) is 0 Å². The van der Waals surface area contributed by atoms with E-state index in [2.05, 4.69) is 25.5 Å². The van der Waals surface area contributed by atoms with E-state index in [1.807, 2.05) is 6.20 Å². The lowest BCUT2D eigenvalue weighted by Gasteiger charge is -2.21. The van der Waals surface area contributed by atoms with E-state index in [4.69, 9.17) is 0 Å². The molecule has 5 heteroatoms. The Kier molecular flexibility index (Phi) is 2.53. The van der Waals surface area contributed by atoms with Gasteiger partial charge in [0.2, 0.25) is 0 Å². The molecule has 16 heavy (non-hydrogen) atoms. The Labute approximate surface area is 93.7 Å². The molecule has 2 aromatic rings. The lowest BCUT2D eigenvalue weighted by molar-refractivity contribution is 0.367. The number of H-pyrrole nitrogens is 1. The predicted octanol–water partition coefficient (Wildman–Crippen LogP) is 0.895. The van der Waals surface area contributed by atoms with Crippen molar-refractivity contribution in [3.63, 3.8) is 0 Å².